The summed E-state index contributed by atoms with van der Waals surface area (Å²) in [6, 6.07) is 0. The van der Waals surface area contributed by atoms with Crippen molar-refractivity contribution < 1.29 is 18.5 Å². The van der Waals surface area contributed by atoms with Gasteiger partial charge in [-0.05, 0) is 38.5 Å². The third-order valence-corrected chi connectivity index (χ3v) is 7.51. The summed E-state index contributed by atoms with van der Waals surface area (Å²) in [4.78, 5) is 10.4. The Kier molecular flexibility index (Phi) is 16.5. The molecule has 5 heteroatoms. The Morgan fingerprint density at radius 2 is 1.32 bits per heavy atom. The predicted octanol–water partition coefficient (Wildman–Crippen LogP) is 7.28. The van der Waals surface area contributed by atoms with Crippen LogP contribution in [0, 0.1) is 0 Å². The lowest BCUT2D eigenvalue weighted by molar-refractivity contribution is -0.883. The van der Waals surface area contributed by atoms with E-state index in [1.54, 1.807) is 0 Å². The zero-order chi connectivity index (χ0) is 21.3. The fourth-order valence-corrected chi connectivity index (χ4v) is 5.55. The van der Waals surface area contributed by atoms with Crippen LogP contribution in [0.5, 0.6) is 0 Å². The van der Waals surface area contributed by atoms with Gasteiger partial charge in [0.2, 0.25) is 0 Å². The maximum absolute atomic E-state index is 12.6. The van der Waals surface area contributed by atoms with Gasteiger partial charge < -0.3 is 13.9 Å². The van der Waals surface area contributed by atoms with Gasteiger partial charge in [-0.3, -0.25) is 4.57 Å². The van der Waals surface area contributed by atoms with Crippen molar-refractivity contribution in [3.63, 3.8) is 0 Å². The molecule has 0 aromatic carbocycles. The molecule has 1 N–H and O–H groups in total. The van der Waals surface area contributed by atoms with Crippen LogP contribution in [0.3, 0.4) is 0 Å². The molecule has 0 aliphatic carbocycles. The van der Waals surface area contributed by atoms with Gasteiger partial charge in [0.25, 0.3) is 0 Å². The second-order valence-corrected chi connectivity index (χ2v) is 11.0. The van der Waals surface area contributed by atoms with E-state index in [-0.39, 0.29) is 5.78 Å². The van der Waals surface area contributed by atoms with Crippen LogP contribution in [0.1, 0.15) is 104 Å². The van der Waals surface area contributed by atoms with Crippen molar-refractivity contribution in [3.8, 4) is 0 Å². The summed E-state index contributed by atoms with van der Waals surface area (Å²) in [7, 11) is 2.34. The van der Waals surface area contributed by atoms with Gasteiger partial charge in [-0.2, -0.15) is 0 Å². The van der Waals surface area contributed by atoms with Crippen molar-refractivity contribution in [2.24, 2.45) is 0 Å². The zero-order valence-electron chi connectivity index (χ0n) is 19.5. The monoisotopic (exact) mass is 418 g/mol. The van der Waals surface area contributed by atoms with Crippen LogP contribution < -0.4 is 0 Å². The third kappa shape index (κ3) is 14.8. The van der Waals surface area contributed by atoms with Crippen molar-refractivity contribution in [3.05, 3.63) is 12.2 Å². The number of hydrogen-bond donors (Lipinski definition) is 1. The highest BCUT2D eigenvalue weighted by molar-refractivity contribution is 7.53. The molecule has 168 valence electrons. The van der Waals surface area contributed by atoms with Gasteiger partial charge in [0.05, 0.1) is 27.7 Å². The average molecular weight is 419 g/mol. The van der Waals surface area contributed by atoms with Crippen molar-refractivity contribution in [2.75, 3.05) is 27.7 Å². The minimum absolute atomic E-state index is 0.335. The van der Waals surface area contributed by atoms with E-state index in [4.69, 9.17) is 4.52 Å². The molecule has 2 unspecified atom stereocenters. The lowest BCUT2D eigenvalue weighted by Crippen LogP contribution is -2.45. The number of quaternary nitrogens is 1. The Bertz CT molecular complexity index is 432. The normalized spacial score (nSPS) is 15.8. The molecule has 0 fully saturated rings. The number of allylic oxidation sites excluding steroid dienone is 2. The Morgan fingerprint density at radius 1 is 0.821 bits per heavy atom. The first-order valence-electron chi connectivity index (χ1n) is 11.7. The van der Waals surface area contributed by atoms with Gasteiger partial charge in [-0.1, -0.05) is 70.9 Å². The first-order valence-corrected chi connectivity index (χ1v) is 13.3. The Hall–Kier alpha value is -0.150. The Balaban J connectivity index is 3.67. The largest absolute Gasteiger partial charge is 0.385 e. The highest BCUT2D eigenvalue weighted by atomic mass is 31.2. The second-order valence-electron chi connectivity index (χ2n) is 9.01. The zero-order valence-corrected chi connectivity index (χ0v) is 20.4. The molecule has 0 bridgehead atoms. The maximum Gasteiger partial charge on any atom is 0.385 e. The highest BCUT2D eigenvalue weighted by Crippen LogP contribution is 2.51. The fraction of sp³-hybridized carbons (Fsp3) is 0.913. The molecule has 2 atom stereocenters. The second kappa shape index (κ2) is 16.6. The van der Waals surface area contributed by atoms with Crippen LogP contribution in [-0.2, 0) is 9.09 Å². The molecule has 0 spiro atoms. The van der Waals surface area contributed by atoms with Crippen LogP contribution in [0.15, 0.2) is 12.2 Å². The lowest BCUT2D eigenvalue weighted by Gasteiger charge is -2.35. The van der Waals surface area contributed by atoms with Crippen LogP contribution >= 0.6 is 7.60 Å². The van der Waals surface area contributed by atoms with Crippen molar-refractivity contribution >= 4 is 7.60 Å². The number of hydrogen-bond acceptors (Lipinski definition) is 2. The molecule has 28 heavy (non-hydrogen) atoms. The molecular weight excluding hydrogens is 369 g/mol. The summed E-state index contributed by atoms with van der Waals surface area (Å²) < 4.78 is 18.5. The summed E-state index contributed by atoms with van der Waals surface area (Å²) in [5.74, 6) is -0.335. The van der Waals surface area contributed by atoms with E-state index in [9.17, 15) is 9.46 Å². The summed E-state index contributed by atoms with van der Waals surface area (Å²) in [5.41, 5.74) is 0. The minimum atomic E-state index is -3.56. The molecule has 0 aliphatic rings. The summed E-state index contributed by atoms with van der Waals surface area (Å²) in [6.45, 7) is 4.69. The molecule has 0 amide bonds. The molecule has 4 nitrogen and oxygen atoms in total. The van der Waals surface area contributed by atoms with Crippen molar-refractivity contribution in [1.29, 1.82) is 0 Å². The fourth-order valence-electron chi connectivity index (χ4n) is 3.52. The average Bonchev–Trinajstić information content (AvgIpc) is 2.61. The predicted molar refractivity (Wildman–Crippen MR) is 123 cm³/mol. The number of rotatable bonds is 19. The maximum atomic E-state index is 12.6. The molecule has 0 rings (SSSR count). The van der Waals surface area contributed by atoms with E-state index >= 15 is 0 Å². The van der Waals surface area contributed by atoms with E-state index in [1.165, 1.54) is 64.2 Å². The van der Waals surface area contributed by atoms with Crippen LogP contribution in [-0.4, -0.2) is 42.9 Å². The summed E-state index contributed by atoms with van der Waals surface area (Å²) >= 11 is 0. The molecule has 0 saturated carbocycles. The van der Waals surface area contributed by atoms with E-state index in [1.807, 2.05) is 28.1 Å². The smallest absolute Gasteiger partial charge is 0.320 e. The molecule has 0 aliphatic heterocycles. The Labute approximate surface area is 175 Å². The van der Waals surface area contributed by atoms with Crippen molar-refractivity contribution in [2.45, 2.75) is 110 Å². The molecule has 0 heterocycles. The van der Waals surface area contributed by atoms with Gasteiger partial charge in [0, 0.05) is 6.42 Å². The van der Waals surface area contributed by atoms with Gasteiger partial charge in [-0.15, -0.1) is 0 Å². The van der Waals surface area contributed by atoms with Gasteiger partial charge in [0.15, 0.2) is 5.78 Å². The molecule has 0 aromatic rings. The van der Waals surface area contributed by atoms with E-state index in [2.05, 4.69) is 19.1 Å². The quantitative estimate of drug-likeness (QED) is 0.104. The molecular formula is C23H49NO3P+. The van der Waals surface area contributed by atoms with Crippen LogP contribution in [0.25, 0.3) is 0 Å². The third-order valence-electron chi connectivity index (χ3n) is 5.25. The first-order chi connectivity index (χ1) is 13.3. The van der Waals surface area contributed by atoms with Crippen LogP contribution in [0.4, 0.5) is 0 Å². The SMILES string of the molecule is CCCCCC=CCCCCCCCCCOP(=O)(O)C(CCC)[N+](C)(C)C. The van der Waals surface area contributed by atoms with E-state index < -0.39 is 7.60 Å². The van der Waals surface area contributed by atoms with E-state index in [0.29, 0.717) is 17.5 Å². The topological polar surface area (TPSA) is 46.5 Å². The van der Waals surface area contributed by atoms with Gasteiger partial charge in [-0.25, -0.2) is 0 Å². The van der Waals surface area contributed by atoms with Gasteiger partial charge >= 0.3 is 7.60 Å². The lowest BCUT2D eigenvalue weighted by atomic mass is 10.1. The van der Waals surface area contributed by atoms with E-state index in [0.717, 1.165) is 19.3 Å². The summed E-state index contributed by atoms with van der Waals surface area (Å²) in [6.07, 6.45) is 21.1. The summed E-state index contributed by atoms with van der Waals surface area (Å²) in [5, 5.41) is 0. The highest BCUT2D eigenvalue weighted by Gasteiger charge is 2.41. The van der Waals surface area contributed by atoms with Crippen LogP contribution in [0.2, 0.25) is 0 Å². The minimum Gasteiger partial charge on any atom is -0.320 e. The number of unbranched alkanes of at least 4 members (excludes halogenated alkanes) is 10. The molecule has 0 radical (unpaired) electrons. The molecule has 0 saturated heterocycles. The standard InChI is InChI=1S/C23H48NO3P/c1-6-8-9-10-11-12-13-14-15-16-17-18-19-20-22-27-28(25,26)23(21-7-2)24(3,4)5/h11-12,23H,6-10,13-22H2,1-5H3/p+1. The van der Waals surface area contributed by atoms with Gasteiger partial charge in [0.1, 0.15) is 0 Å². The molecule has 0 aromatic heterocycles. The first kappa shape index (κ1) is 27.8. The Morgan fingerprint density at radius 3 is 1.82 bits per heavy atom. The van der Waals surface area contributed by atoms with Crippen molar-refractivity contribution in [1.82, 2.24) is 0 Å². The number of nitrogens with zero attached hydrogens (tertiary/aromatic N) is 1.